The molecule has 0 saturated carbocycles. The number of carbonyl (C=O) groups excluding carboxylic acids is 2. The van der Waals surface area contributed by atoms with Gasteiger partial charge in [0.05, 0.1) is 13.7 Å². The smallest absolute Gasteiger partial charge is 0.246 e. The molecule has 0 radical (unpaired) electrons. The van der Waals surface area contributed by atoms with E-state index in [-0.39, 0.29) is 18.4 Å². The van der Waals surface area contributed by atoms with E-state index in [1.54, 1.807) is 12.0 Å². The van der Waals surface area contributed by atoms with E-state index < -0.39 is 5.54 Å². The zero-order valence-corrected chi connectivity index (χ0v) is 12.8. The quantitative estimate of drug-likeness (QED) is 0.891. The number of amides is 2. The van der Waals surface area contributed by atoms with E-state index in [0.29, 0.717) is 13.0 Å². The molecule has 1 aromatic rings. The minimum atomic E-state index is -0.748. The van der Waals surface area contributed by atoms with E-state index in [0.717, 1.165) is 17.7 Å². The number of nitrogens with one attached hydrogen (secondary N) is 1. The van der Waals surface area contributed by atoms with Gasteiger partial charge in [0.15, 0.2) is 0 Å². The summed E-state index contributed by atoms with van der Waals surface area (Å²) in [6, 6.07) is 7.77. The highest BCUT2D eigenvalue weighted by Gasteiger charge is 2.43. The molecule has 1 aromatic carbocycles. The molecule has 1 unspecified atom stereocenters. The molecule has 21 heavy (non-hydrogen) atoms. The number of hydrogen-bond acceptors (Lipinski definition) is 3. The van der Waals surface area contributed by atoms with Crippen molar-refractivity contribution < 1.29 is 14.3 Å². The monoisotopic (exact) mass is 290 g/mol. The van der Waals surface area contributed by atoms with Gasteiger partial charge < -0.3 is 15.0 Å². The van der Waals surface area contributed by atoms with Crippen LogP contribution in [0.4, 0.5) is 0 Å². The van der Waals surface area contributed by atoms with Crippen molar-refractivity contribution >= 4 is 11.8 Å². The predicted octanol–water partition coefficient (Wildman–Crippen LogP) is 1.36. The lowest BCUT2D eigenvalue weighted by atomic mass is 9.92. The lowest BCUT2D eigenvalue weighted by Crippen LogP contribution is -2.65. The second kappa shape index (κ2) is 6.16. The Morgan fingerprint density at radius 2 is 1.95 bits per heavy atom. The minimum Gasteiger partial charge on any atom is -0.497 e. The molecule has 0 aromatic heterocycles. The Labute approximate surface area is 125 Å². The Balaban J connectivity index is 2.08. The van der Waals surface area contributed by atoms with Crippen molar-refractivity contribution in [2.75, 3.05) is 20.2 Å². The van der Waals surface area contributed by atoms with Crippen LogP contribution in [0.3, 0.4) is 0 Å². The van der Waals surface area contributed by atoms with E-state index in [2.05, 4.69) is 5.32 Å². The number of piperazine rings is 1. The predicted molar refractivity (Wildman–Crippen MR) is 80.1 cm³/mol. The first-order valence-electron chi connectivity index (χ1n) is 7.23. The summed E-state index contributed by atoms with van der Waals surface area (Å²) in [5.74, 6) is 0.720. The summed E-state index contributed by atoms with van der Waals surface area (Å²) in [4.78, 5) is 25.9. The van der Waals surface area contributed by atoms with Crippen LogP contribution in [0.5, 0.6) is 5.75 Å². The molecule has 1 N–H and O–H groups in total. The van der Waals surface area contributed by atoms with Gasteiger partial charge in [-0.1, -0.05) is 19.1 Å². The van der Waals surface area contributed by atoms with E-state index in [1.807, 2.05) is 38.1 Å². The maximum Gasteiger partial charge on any atom is 0.246 e. The van der Waals surface area contributed by atoms with Crippen molar-refractivity contribution in [3.63, 3.8) is 0 Å². The third-order valence-electron chi connectivity index (χ3n) is 4.26. The minimum absolute atomic E-state index is 0.0209. The summed E-state index contributed by atoms with van der Waals surface area (Å²) < 4.78 is 5.13. The van der Waals surface area contributed by atoms with Crippen LogP contribution in [0.1, 0.15) is 25.8 Å². The van der Waals surface area contributed by atoms with E-state index in [4.69, 9.17) is 4.74 Å². The van der Waals surface area contributed by atoms with E-state index in [1.165, 1.54) is 0 Å². The molecule has 1 heterocycles. The first kappa shape index (κ1) is 15.4. The van der Waals surface area contributed by atoms with Gasteiger partial charge in [0.25, 0.3) is 0 Å². The highest BCUT2D eigenvalue weighted by atomic mass is 16.5. The van der Waals surface area contributed by atoms with Gasteiger partial charge in [-0.2, -0.15) is 0 Å². The van der Waals surface area contributed by atoms with Crippen molar-refractivity contribution in [2.45, 2.75) is 32.2 Å². The Hall–Kier alpha value is -2.04. The fourth-order valence-electron chi connectivity index (χ4n) is 2.60. The molecule has 1 aliphatic rings. The normalized spacial score (nSPS) is 22.1. The molecule has 114 valence electrons. The molecule has 1 saturated heterocycles. The van der Waals surface area contributed by atoms with Crippen LogP contribution in [0.25, 0.3) is 0 Å². The van der Waals surface area contributed by atoms with Crippen LogP contribution in [0.2, 0.25) is 0 Å². The zero-order chi connectivity index (χ0) is 15.5. The SMILES string of the molecule is CCC1(C)C(=O)NCC(=O)N1CCc1ccc(OC)cc1. The summed E-state index contributed by atoms with van der Waals surface area (Å²) in [5.41, 5.74) is 0.370. The van der Waals surface area contributed by atoms with Gasteiger partial charge in [-0.3, -0.25) is 9.59 Å². The number of ether oxygens (including phenoxy) is 1. The maximum absolute atomic E-state index is 12.1. The van der Waals surface area contributed by atoms with Crippen molar-refractivity contribution in [3.05, 3.63) is 29.8 Å². The van der Waals surface area contributed by atoms with Gasteiger partial charge in [0.2, 0.25) is 11.8 Å². The van der Waals surface area contributed by atoms with Crippen molar-refractivity contribution in [1.29, 1.82) is 0 Å². The largest absolute Gasteiger partial charge is 0.497 e. The molecule has 2 rings (SSSR count). The van der Waals surface area contributed by atoms with Crippen LogP contribution >= 0.6 is 0 Å². The highest BCUT2D eigenvalue weighted by Crippen LogP contribution is 2.23. The Kier molecular flexibility index (Phi) is 4.50. The first-order valence-corrected chi connectivity index (χ1v) is 7.23. The van der Waals surface area contributed by atoms with Crippen LogP contribution < -0.4 is 10.1 Å². The second-order valence-electron chi connectivity index (χ2n) is 5.45. The number of nitrogens with zero attached hydrogens (tertiary/aromatic N) is 1. The number of methoxy groups -OCH3 is 1. The molecular weight excluding hydrogens is 268 g/mol. The van der Waals surface area contributed by atoms with Gasteiger partial charge >= 0.3 is 0 Å². The van der Waals surface area contributed by atoms with E-state index >= 15 is 0 Å². The molecule has 5 heteroatoms. The van der Waals surface area contributed by atoms with Gasteiger partial charge in [-0.05, 0) is 37.5 Å². The molecule has 1 atom stereocenters. The summed E-state index contributed by atoms with van der Waals surface area (Å²) in [7, 11) is 1.63. The average molecular weight is 290 g/mol. The van der Waals surface area contributed by atoms with E-state index in [9.17, 15) is 9.59 Å². The number of benzene rings is 1. The van der Waals surface area contributed by atoms with Crippen molar-refractivity contribution in [3.8, 4) is 5.75 Å². The molecule has 1 aliphatic heterocycles. The third-order valence-corrected chi connectivity index (χ3v) is 4.26. The number of rotatable bonds is 5. The fraction of sp³-hybridized carbons (Fsp3) is 0.500. The zero-order valence-electron chi connectivity index (χ0n) is 12.8. The molecular formula is C16H22N2O3. The van der Waals surface area contributed by atoms with Crippen LogP contribution in [0.15, 0.2) is 24.3 Å². The Morgan fingerprint density at radius 1 is 1.29 bits per heavy atom. The average Bonchev–Trinajstić information content (AvgIpc) is 2.51. The van der Waals surface area contributed by atoms with Crippen LogP contribution in [-0.4, -0.2) is 42.5 Å². The standard InChI is InChI=1S/C16H22N2O3/c1-4-16(2)15(20)17-11-14(19)18(16)10-9-12-5-7-13(21-3)8-6-12/h5-8H,4,9-11H2,1-3H3,(H,17,20). The topological polar surface area (TPSA) is 58.6 Å². The Morgan fingerprint density at radius 3 is 2.52 bits per heavy atom. The maximum atomic E-state index is 12.1. The molecule has 0 aliphatic carbocycles. The Bertz CT molecular complexity index is 527. The van der Waals surface area contributed by atoms with Crippen LogP contribution in [0, 0.1) is 0 Å². The molecule has 1 fully saturated rings. The summed E-state index contributed by atoms with van der Waals surface area (Å²) >= 11 is 0. The van der Waals surface area contributed by atoms with Crippen LogP contribution in [-0.2, 0) is 16.0 Å². The number of hydrogen-bond donors (Lipinski definition) is 1. The molecule has 2 amide bonds. The molecule has 0 spiro atoms. The van der Waals surface area contributed by atoms with Crippen molar-refractivity contribution in [1.82, 2.24) is 10.2 Å². The van der Waals surface area contributed by atoms with Crippen molar-refractivity contribution in [2.24, 2.45) is 0 Å². The summed E-state index contributed by atoms with van der Waals surface area (Å²) in [5, 5.41) is 2.67. The molecule has 5 nitrogen and oxygen atoms in total. The second-order valence-corrected chi connectivity index (χ2v) is 5.45. The lowest BCUT2D eigenvalue weighted by Gasteiger charge is -2.43. The van der Waals surface area contributed by atoms with Gasteiger partial charge in [0.1, 0.15) is 11.3 Å². The third kappa shape index (κ3) is 3.01. The summed E-state index contributed by atoms with van der Waals surface area (Å²) in [6.07, 6.45) is 1.33. The molecule has 0 bridgehead atoms. The lowest BCUT2D eigenvalue weighted by molar-refractivity contribution is -0.152. The van der Waals surface area contributed by atoms with Gasteiger partial charge in [-0.15, -0.1) is 0 Å². The van der Waals surface area contributed by atoms with Gasteiger partial charge in [0, 0.05) is 6.54 Å². The van der Waals surface area contributed by atoms with Gasteiger partial charge in [-0.25, -0.2) is 0 Å². The highest BCUT2D eigenvalue weighted by molar-refractivity contribution is 5.97. The fourth-order valence-corrected chi connectivity index (χ4v) is 2.60. The first-order chi connectivity index (χ1) is 10.0. The number of carbonyl (C=O) groups is 2. The summed E-state index contributed by atoms with van der Waals surface area (Å²) in [6.45, 7) is 4.39.